The molecule has 2 aliphatic rings. The zero-order valence-electron chi connectivity index (χ0n) is 11.2. The Bertz CT molecular complexity index is 792. The molecule has 0 fully saturated rings. The summed E-state index contributed by atoms with van der Waals surface area (Å²) in [6.07, 6.45) is 6.45. The molecule has 0 aromatic heterocycles. The molecule has 1 heterocycles. The molecule has 1 atom stereocenters. The summed E-state index contributed by atoms with van der Waals surface area (Å²) in [7, 11) is 0. The lowest BCUT2D eigenvalue weighted by Gasteiger charge is -2.21. The summed E-state index contributed by atoms with van der Waals surface area (Å²) in [4.78, 5) is 27.6. The highest BCUT2D eigenvalue weighted by Gasteiger charge is 2.28. The maximum atomic E-state index is 12.1. The van der Waals surface area contributed by atoms with Gasteiger partial charge in [0.05, 0.1) is 21.4 Å². The molecule has 1 aromatic carbocycles. The molecular formula is C16H10ClNO3S. The van der Waals surface area contributed by atoms with E-state index in [0.29, 0.717) is 15.6 Å². The number of aliphatic carboxylic acids is 1. The molecule has 0 radical (unpaired) electrons. The Labute approximate surface area is 135 Å². The van der Waals surface area contributed by atoms with Crippen molar-refractivity contribution in [3.8, 4) is 0 Å². The van der Waals surface area contributed by atoms with Gasteiger partial charge in [0, 0.05) is 5.02 Å². The Morgan fingerprint density at radius 3 is 2.95 bits per heavy atom. The quantitative estimate of drug-likeness (QED) is 0.844. The van der Waals surface area contributed by atoms with Gasteiger partial charge in [0.25, 0.3) is 5.91 Å². The summed E-state index contributed by atoms with van der Waals surface area (Å²) in [6.45, 7) is 0. The second kappa shape index (κ2) is 5.94. The zero-order chi connectivity index (χ0) is 15.7. The predicted octanol–water partition coefficient (Wildman–Crippen LogP) is 3.34. The summed E-state index contributed by atoms with van der Waals surface area (Å²) >= 11 is 7.28. The third-order valence-electron chi connectivity index (χ3n) is 3.13. The van der Waals surface area contributed by atoms with Crippen LogP contribution >= 0.6 is 23.4 Å². The molecule has 1 aromatic rings. The van der Waals surface area contributed by atoms with Crippen LogP contribution < -0.4 is 0 Å². The van der Waals surface area contributed by atoms with Crippen LogP contribution in [0.4, 0.5) is 0 Å². The SMILES string of the molecule is O=C(O)C1=CC2=NC(=O)/C(=C\c3cccc(Cl)c3)SC2C=C1. The number of rotatable bonds is 2. The van der Waals surface area contributed by atoms with E-state index in [9.17, 15) is 9.59 Å². The van der Waals surface area contributed by atoms with E-state index >= 15 is 0 Å². The Morgan fingerprint density at radius 2 is 2.23 bits per heavy atom. The molecule has 4 nitrogen and oxygen atoms in total. The van der Waals surface area contributed by atoms with Crippen molar-refractivity contribution < 1.29 is 14.7 Å². The Hall–Kier alpha value is -2.11. The molecule has 1 unspecified atom stereocenters. The van der Waals surface area contributed by atoms with E-state index in [-0.39, 0.29) is 16.7 Å². The van der Waals surface area contributed by atoms with Gasteiger partial charge in [-0.25, -0.2) is 9.79 Å². The molecule has 3 rings (SSSR count). The summed E-state index contributed by atoms with van der Waals surface area (Å²) in [5.74, 6) is -1.40. The number of hydrogen-bond donors (Lipinski definition) is 1. The average molecular weight is 332 g/mol. The van der Waals surface area contributed by atoms with E-state index in [0.717, 1.165) is 5.56 Å². The van der Waals surface area contributed by atoms with Crippen LogP contribution in [0.5, 0.6) is 0 Å². The molecule has 1 amide bonds. The predicted molar refractivity (Wildman–Crippen MR) is 88.1 cm³/mol. The summed E-state index contributed by atoms with van der Waals surface area (Å²) in [5, 5.41) is 9.43. The first-order chi connectivity index (χ1) is 10.5. The number of amides is 1. The van der Waals surface area contributed by atoms with Gasteiger partial charge in [-0.2, -0.15) is 0 Å². The maximum absolute atomic E-state index is 12.1. The van der Waals surface area contributed by atoms with Crippen molar-refractivity contribution in [1.82, 2.24) is 0 Å². The molecule has 1 N–H and O–H groups in total. The number of carboxylic acids is 1. The van der Waals surface area contributed by atoms with Crippen LogP contribution in [0.3, 0.4) is 0 Å². The van der Waals surface area contributed by atoms with Gasteiger partial charge in [-0.3, -0.25) is 4.79 Å². The van der Waals surface area contributed by atoms with Crippen molar-refractivity contribution in [3.05, 3.63) is 63.6 Å². The standard InChI is InChI=1S/C16H10ClNO3S/c17-11-3-1-2-9(6-11)7-14-15(19)18-12-8-10(16(20)21)4-5-13(12)22-14/h1-8,13H,(H,20,21)/b14-7+. The second-order valence-electron chi connectivity index (χ2n) is 4.71. The van der Waals surface area contributed by atoms with Crippen LogP contribution in [0.2, 0.25) is 5.02 Å². The van der Waals surface area contributed by atoms with E-state index in [1.54, 1.807) is 24.3 Å². The average Bonchev–Trinajstić information content (AvgIpc) is 2.47. The van der Waals surface area contributed by atoms with Crippen molar-refractivity contribution in [2.45, 2.75) is 5.25 Å². The maximum Gasteiger partial charge on any atom is 0.335 e. The van der Waals surface area contributed by atoms with Gasteiger partial charge in [-0.1, -0.05) is 35.9 Å². The third-order valence-corrected chi connectivity index (χ3v) is 4.57. The first-order valence-electron chi connectivity index (χ1n) is 6.43. The fourth-order valence-corrected chi connectivity index (χ4v) is 3.33. The van der Waals surface area contributed by atoms with Gasteiger partial charge in [0.15, 0.2) is 0 Å². The minimum atomic E-state index is -1.03. The van der Waals surface area contributed by atoms with Gasteiger partial charge in [-0.15, -0.1) is 11.8 Å². The van der Waals surface area contributed by atoms with Crippen LogP contribution in [0.25, 0.3) is 6.08 Å². The number of thioether (sulfide) groups is 1. The highest BCUT2D eigenvalue weighted by molar-refractivity contribution is 8.05. The van der Waals surface area contributed by atoms with E-state index in [4.69, 9.17) is 16.7 Å². The Kier molecular flexibility index (Phi) is 4.00. The van der Waals surface area contributed by atoms with E-state index in [1.807, 2.05) is 12.1 Å². The molecule has 1 aliphatic heterocycles. The number of nitrogens with zero attached hydrogens (tertiary/aromatic N) is 1. The highest BCUT2D eigenvalue weighted by atomic mass is 35.5. The molecule has 0 saturated carbocycles. The number of carboxylic acid groups (broad SMARTS) is 1. The monoisotopic (exact) mass is 331 g/mol. The number of fused-ring (bicyclic) bond motifs is 1. The lowest BCUT2D eigenvalue weighted by atomic mass is 10.0. The summed E-state index contributed by atoms with van der Waals surface area (Å²) in [5.41, 5.74) is 1.42. The van der Waals surface area contributed by atoms with Crippen LogP contribution in [0.15, 0.2) is 58.0 Å². The summed E-state index contributed by atoms with van der Waals surface area (Å²) < 4.78 is 0. The van der Waals surface area contributed by atoms with Gasteiger partial charge in [0.2, 0.25) is 0 Å². The lowest BCUT2D eigenvalue weighted by Crippen LogP contribution is -2.24. The normalized spacial score (nSPS) is 22.1. The number of hydrogen-bond acceptors (Lipinski definition) is 3. The molecule has 22 heavy (non-hydrogen) atoms. The number of halogens is 1. The van der Waals surface area contributed by atoms with E-state index in [2.05, 4.69) is 4.99 Å². The van der Waals surface area contributed by atoms with E-state index in [1.165, 1.54) is 23.9 Å². The Morgan fingerprint density at radius 1 is 1.41 bits per heavy atom. The minimum Gasteiger partial charge on any atom is -0.478 e. The van der Waals surface area contributed by atoms with Gasteiger partial charge in [0.1, 0.15) is 0 Å². The molecule has 0 saturated heterocycles. The fourth-order valence-electron chi connectivity index (χ4n) is 2.11. The molecule has 1 aliphatic carbocycles. The van der Waals surface area contributed by atoms with Crippen molar-refractivity contribution in [1.29, 1.82) is 0 Å². The van der Waals surface area contributed by atoms with Gasteiger partial charge in [-0.05, 0) is 29.8 Å². The van der Waals surface area contributed by atoms with Crippen LogP contribution in [0.1, 0.15) is 5.56 Å². The topological polar surface area (TPSA) is 66.7 Å². The highest BCUT2D eigenvalue weighted by Crippen LogP contribution is 2.34. The van der Waals surface area contributed by atoms with E-state index < -0.39 is 5.97 Å². The summed E-state index contributed by atoms with van der Waals surface area (Å²) in [6, 6.07) is 7.19. The first kappa shape index (κ1) is 14.8. The van der Waals surface area contributed by atoms with Gasteiger partial charge >= 0.3 is 5.97 Å². The molecule has 110 valence electrons. The second-order valence-corrected chi connectivity index (χ2v) is 6.33. The number of carbonyl (C=O) groups is 2. The Balaban J connectivity index is 1.92. The molecule has 0 bridgehead atoms. The number of allylic oxidation sites excluding steroid dienone is 1. The largest absolute Gasteiger partial charge is 0.478 e. The van der Waals surface area contributed by atoms with Crippen LogP contribution in [0, 0.1) is 0 Å². The number of aliphatic imine (C=N–C) groups is 1. The van der Waals surface area contributed by atoms with Crippen molar-refractivity contribution in [2.24, 2.45) is 4.99 Å². The zero-order valence-corrected chi connectivity index (χ0v) is 12.8. The smallest absolute Gasteiger partial charge is 0.335 e. The van der Waals surface area contributed by atoms with Crippen molar-refractivity contribution >= 4 is 47.0 Å². The first-order valence-corrected chi connectivity index (χ1v) is 7.69. The number of carbonyl (C=O) groups excluding carboxylic acids is 1. The number of benzene rings is 1. The fraction of sp³-hybridized carbons (Fsp3) is 0.0625. The molecular weight excluding hydrogens is 322 g/mol. The molecule has 0 spiro atoms. The van der Waals surface area contributed by atoms with Gasteiger partial charge < -0.3 is 5.11 Å². The van der Waals surface area contributed by atoms with Crippen molar-refractivity contribution in [3.63, 3.8) is 0 Å². The molecule has 6 heteroatoms. The lowest BCUT2D eigenvalue weighted by molar-refractivity contribution is -0.132. The minimum absolute atomic E-state index is 0.130. The van der Waals surface area contributed by atoms with Crippen molar-refractivity contribution in [2.75, 3.05) is 0 Å². The third kappa shape index (κ3) is 3.05. The van der Waals surface area contributed by atoms with Crippen LogP contribution in [-0.4, -0.2) is 27.9 Å². The van der Waals surface area contributed by atoms with Crippen LogP contribution in [-0.2, 0) is 9.59 Å².